The third-order valence-electron chi connectivity index (χ3n) is 3.86. The molecule has 0 atom stereocenters. The summed E-state index contributed by atoms with van der Waals surface area (Å²) in [6, 6.07) is 12.3. The van der Waals surface area contributed by atoms with Crippen molar-refractivity contribution >= 4 is 0 Å². The molecule has 1 fully saturated rings. The second-order valence-electron chi connectivity index (χ2n) is 5.27. The van der Waals surface area contributed by atoms with E-state index in [0.717, 1.165) is 49.7 Å². The molecule has 0 unspecified atom stereocenters. The number of methoxy groups -OCH3 is 1. The molecule has 1 aliphatic heterocycles. The first-order chi connectivity index (χ1) is 10.4. The fourth-order valence-electron chi connectivity index (χ4n) is 2.69. The normalized spacial score (nSPS) is 15.9. The van der Waals surface area contributed by atoms with Crippen LogP contribution in [-0.4, -0.2) is 43.2 Å². The van der Waals surface area contributed by atoms with Gasteiger partial charge in [0, 0.05) is 44.5 Å². The van der Waals surface area contributed by atoms with Crippen molar-refractivity contribution in [3.8, 4) is 17.0 Å². The monoisotopic (exact) mass is 283 g/mol. The summed E-state index contributed by atoms with van der Waals surface area (Å²) in [4.78, 5) is 7.06. The molecule has 1 aromatic carbocycles. The second kappa shape index (κ2) is 6.70. The Morgan fingerprint density at radius 2 is 1.90 bits per heavy atom. The molecule has 0 radical (unpaired) electrons. The van der Waals surface area contributed by atoms with Gasteiger partial charge in [0.1, 0.15) is 5.75 Å². The molecule has 1 aromatic heterocycles. The van der Waals surface area contributed by atoms with Crippen molar-refractivity contribution in [1.29, 1.82) is 0 Å². The van der Waals surface area contributed by atoms with E-state index in [0.29, 0.717) is 0 Å². The number of ether oxygens (including phenoxy) is 1. The van der Waals surface area contributed by atoms with E-state index < -0.39 is 0 Å². The highest BCUT2D eigenvalue weighted by atomic mass is 16.5. The van der Waals surface area contributed by atoms with E-state index in [1.54, 1.807) is 7.11 Å². The number of rotatable bonds is 4. The van der Waals surface area contributed by atoms with E-state index in [2.05, 4.69) is 33.4 Å². The van der Waals surface area contributed by atoms with E-state index >= 15 is 0 Å². The van der Waals surface area contributed by atoms with Crippen molar-refractivity contribution in [2.45, 2.75) is 6.54 Å². The largest absolute Gasteiger partial charge is 0.497 e. The van der Waals surface area contributed by atoms with E-state index in [4.69, 9.17) is 4.74 Å². The number of pyridine rings is 1. The number of nitrogens with one attached hydrogen (secondary N) is 1. The van der Waals surface area contributed by atoms with Crippen LogP contribution in [0.5, 0.6) is 5.75 Å². The van der Waals surface area contributed by atoms with Crippen LogP contribution in [0.4, 0.5) is 0 Å². The molecule has 1 saturated heterocycles. The van der Waals surface area contributed by atoms with Crippen LogP contribution in [0.1, 0.15) is 5.56 Å². The molecule has 0 bridgehead atoms. The van der Waals surface area contributed by atoms with Gasteiger partial charge >= 0.3 is 0 Å². The minimum Gasteiger partial charge on any atom is -0.497 e. The van der Waals surface area contributed by atoms with Crippen molar-refractivity contribution in [3.63, 3.8) is 0 Å². The van der Waals surface area contributed by atoms with Gasteiger partial charge in [0.15, 0.2) is 0 Å². The summed E-state index contributed by atoms with van der Waals surface area (Å²) in [6.45, 7) is 5.28. The zero-order valence-electron chi connectivity index (χ0n) is 12.4. The molecular weight excluding hydrogens is 262 g/mol. The molecule has 0 aliphatic carbocycles. The Kier molecular flexibility index (Phi) is 4.48. The average Bonchev–Trinajstić information content (AvgIpc) is 2.56. The molecule has 3 rings (SSSR count). The molecule has 2 aromatic rings. The van der Waals surface area contributed by atoms with E-state index in [9.17, 15) is 0 Å². The van der Waals surface area contributed by atoms with Crippen LogP contribution >= 0.6 is 0 Å². The Bertz CT molecular complexity index is 577. The lowest BCUT2D eigenvalue weighted by Crippen LogP contribution is -2.42. The van der Waals surface area contributed by atoms with Crippen molar-refractivity contribution < 1.29 is 4.74 Å². The maximum Gasteiger partial charge on any atom is 0.118 e. The average molecular weight is 283 g/mol. The number of nitrogens with zero attached hydrogens (tertiary/aromatic N) is 2. The Hall–Kier alpha value is -1.91. The second-order valence-corrected chi connectivity index (χ2v) is 5.27. The molecule has 110 valence electrons. The van der Waals surface area contributed by atoms with Gasteiger partial charge in [-0.25, -0.2) is 0 Å². The Morgan fingerprint density at radius 3 is 2.62 bits per heavy atom. The first kappa shape index (κ1) is 14.0. The highest BCUT2D eigenvalue weighted by Crippen LogP contribution is 2.24. The van der Waals surface area contributed by atoms with E-state index in [1.165, 1.54) is 5.56 Å². The molecule has 1 N–H and O–H groups in total. The summed E-state index contributed by atoms with van der Waals surface area (Å²) >= 11 is 0. The maximum absolute atomic E-state index is 5.22. The molecule has 2 heterocycles. The predicted molar refractivity (Wildman–Crippen MR) is 84.4 cm³/mol. The highest BCUT2D eigenvalue weighted by Gasteiger charge is 2.13. The standard InChI is InChI=1S/C17H21N3O/c1-21-16-6-4-14(5-7-16)17-15(3-2-8-19-17)13-20-11-9-18-10-12-20/h2-8,18H,9-13H2,1H3. The van der Waals surface area contributed by atoms with Gasteiger partial charge in [0.2, 0.25) is 0 Å². The SMILES string of the molecule is COc1ccc(-c2ncccc2CN2CCNCC2)cc1. The van der Waals surface area contributed by atoms with Gasteiger partial charge in [-0.15, -0.1) is 0 Å². The van der Waals surface area contributed by atoms with E-state index in [-0.39, 0.29) is 0 Å². The first-order valence-corrected chi connectivity index (χ1v) is 7.38. The number of piperazine rings is 1. The van der Waals surface area contributed by atoms with Gasteiger partial charge in [0.25, 0.3) is 0 Å². The molecule has 4 heteroatoms. The van der Waals surface area contributed by atoms with Crippen LogP contribution in [-0.2, 0) is 6.54 Å². The smallest absolute Gasteiger partial charge is 0.118 e. The van der Waals surface area contributed by atoms with Gasteiger partial charge in [-0.05, 0) is 35.9 Å². The maximum atomic E-state index is 5.22. The predicted octanol–water partition coefficient (Wildman–Crippen LogP) is 2.16. The fourth-order valence-corrected chi connectivity index (χ4v) is 2.69. The summed E-state index contributed by atoms with van der Waals surface area (Å²) in [5, 5.41) is 3.39. The van der Waals surface area contributed by atoms with Crippen LogP contribution < -0.4 is 10.1 Å². The lowest BCUT2D eigenvalue weighted by Gasteiger charge is -2.27. The summed E-state index contributed by atoms with van der Waals surface area (Å²) in [6.07, 6.45) is 1.86. The molecule has 1 aliphatic rings. The third kappa shape index (κ3) is 3.40. The van der Waals surface area contributed by atoms with Crippen molar-refractivity contribution in [2.75, 3.05) is 33.3 Å². The van der Waals surface area contributed by atoms with Crippen LogP contribution in [0.2, 0.25) is 0 Å². The Labute approximate surface area is 125 Å². The fraction of sp³-hybridized carbons (Fsp3) is 0.353. The molecule has 0 spiro atoms. The first-order valence-electron chi connectivity index (χ1n) is 7.38. The minimum atomic E-state index is 0.873. The summed E-state index contributed by atoms with van der Waals surface area (Å²) in [5.41, 5.74) is 3.49. The third-order valence-corrected chi connectivity index (χ3v) is 3.86. The van der Waals surface area contributed by atoms with Gasteiger partial charge in [-0.1, -0.05) is 6.07 Å². The summed E-state index contributed by atoms with van der Waals surface area (Å²) in [5.74, 6) is 0.873. The van der Waals surface area contributed by atoms with Crippen LogP contribution in [0, 0.1) is 0 Å². The molecule has 0 amide bonds. The summed E-state index contributed by atoms with van der Waals surface area (Å²) in [7, 11) is 1.69. The van der Waals surface area contributed by atoms with Crippen molar-refractivity contribution in [1.82, 2.24) is 15.2 Å². The highest BCUT2D eigenvalue weighted by molar-refractivity contribution is 5.63. The van der Waals surface area contributed by atoms with Crippen molar-refractivity contribution in [2.24, 2.45) is 0 Å². The minimum absolute atomic E-state index is 0.873. The Morgan fingerprint density at radius 1 is 1.14 bits per heavy atom. The molecule has 0 saturated carbocycles. The van der Waals surface area contributed by atoms with Crippen LogP contribution in [0.15, 0.2) is 42.6 Å². The lowest BCUT2D eigenvalue weighted by atomic mass is 10.0. The van der Waals surface area contributed by atoms with Gasteiger partial charge in [-0.3, -0.25) is 9.88 Å². The number of hydrogen-bond donors (Lipinski definition) is 1. The number of hydrogen-bond acceptors (Lipinski definition) is 4. The summed E-state index contributed by atoms with van der Waals surface area (Å²) < 4.78 is 5.22. The van der Waals surface area contributed by atoms with Crippen molar-refractivity contribution in [3.05, 3.63) is 48.2 Å². The number of benzene rings is 1. The molecular formula is C17H21N3O. The zero-order valence-corrected chi connectivity index (χ0v) is 12.4. The molecule has 4 nitrogen and oxygen atoms in total. The zero-order chi connectivity index (χ0) is 14.5. The van der Waals surface area contributed by atoms with Gasteiger partial charge in [0.05, 0.1) is 12.8 Å². The molecule has 21 heavy (non-hydrogen) atoms. The topological polar surface area (TPSA) is 37.4 Å². The van der Waals surface area contributed by atoms with Crippen LogP contribution in [0.25, 0.3) is 11.3 Å². The van der Waals surface area contributed by atoms with Gasteiger partial charge < -0.3 is 10.1 Å². The lowest BCUT2D eigenvalue weighted by molar-refractivity contribution is 0.233. The van der Waals surface area contributed by atoms with E-state index in [1.807, 2.05) is 24.4 Å². The Balaban J connectivity index is 1.83. The van der Waals surface area contributed by atoms with Crippen LogP contribution in [0.3, 0.4) is 0 Å². The quantitative estimate of drug-likeness (QED) is 0.933. The van der Waals surface area contributed by atoms with Gasteiger partial charge in [-0.2, -0.15) is 0 Å². The number of aromatic nitrogens is 1.